The van der Waals surface area contributed by atoms with Crippen LogP contribution in [0.4, 0.5) is 17.6 Å². The minimum atomic E-state index is -4.84. The molecule has 1 atom stereocenters. The van der Waals surface area contributed by atoms with Crippen LogP contribution < -0.4 is 0 Å². The fraction of sp³-hybridized carbons (Fsp3) is 0.333. The Kier molecular flexibility index (Phi) is 2.80. The van der Waals surface area contributed by atoms with Crippen molar-refractivity contribution < 1.29 is 22.7 Å². The maximum atomic E-state index is 12.9. The van der Waals surface area contributed by atoms with Gasteiger partial charge in [-0.3, -0.25) is 0 Å². The Hall–Kier alpha value is -1.10. The molecule has 0 saturated carbocycles. The molecule has 0 radical (unpaired) electrons. The third kappa shape index (κ3) is 2.23. The Morgan fingerprint density at radius 2 is 1.86 bits per heavy atom. The quantitative estimate of drug-likeness (QED) is 0.703. The SMILES string of the molecule is Cc1ccc(F)c(C(O)C(F)(F)F)c1. The zero-order chi connectivity index (χ0) is 10.9. The van der Waals surface area contributed by atoms with E-state index in [9.17, 15) is 17.6 Å². The summed E-state index contributed by atoms with van der Waals surface area (Å²) < 4.78 is 49.0. The minimum Gasteiger partial charge on any atom is -0.379 e. The monoisotopic (exact) mass is 208 g/mol. The molecule has 1 aromatic carbocycles. The molecule has 0 saturated heterocycles. The van der Waals surface area contributed by atoms with Crippen molar-refractivity contribution in [3.8, 4) is 0 Å². The van der Waals surface area contributed by atoms with Gasteiger partial charge in [0.1, 0.15) is 5.82 Å². The molecule has 1 N–H and O–H groups in total. The van der Waals surface area contributed by atoms with E-state index in [0.717, 1.165) is 12.1 Å². The standard InChI is InChI=1S/C9H8F4O/c1-5-2-3-7(10)6(4-5)8(14)9(11,12)13/h2-4,8,14H,1H3. The summed E-state index contributed by atoms with van der Waals surface area (Å²) in [5, 5.41) is 8.80. The van der Waals surface area contributed by atoms with Crippen molar-refractivity contribution in [1.29, 1.82) is 0 Å². The first-order valence-electron chi connectivity index (χ1n) is 3.83. The van der Waals surface area contributed by atoms with Crippen LogP contribution in [0.2, 0.25) is 0 Å². The van der Waals surface area contributed by atoms with Crippen molar-refractivity contribution in [3.05, 3.63) is 35.1 Å². The van der Waals surface area contributed by atoms with Gasteiger partial charge in [-0.05, 0) is 13.0 Å². The molecule has 1 aromatic rings. The molecule has 14 heavy (non-hydrogen) atoms. The van der Waals surface area contributed by atoms with Gasteiger partial charge in [-0.25, -0.2) is 4.39 Å². The summed E-state index contributed by atoms with van der Waals surface area (Å²) in [6, 6.07) is 3.22. The van der Waals surface area contributed by atoms with E-state index in [0.29, 0.717) is 5.56 Å². The number of benzene rings is 1. The summed E-state index contributed by atoms with van der Waals surface area (Å²) in [6.45, 7) is 1.52. The molecule has 0 bridgehead atoms. The summed E-state index contributed by atoms with van der Waals surface area (Å²) in [7, 11) is 0. The smallest absolute Gasteiger partial charge is 0.379 e. The van der Waals surface area contributed by atoms with Crippen molar-refractivity contribution in [3.63, 3.8) is 0 Å². The van der Waals surface area contributed by atoms with Gasteiger partial charge in [0.05, 0.1) is 0 Å². The van der Waals surface area contributed by atoms with Crippen molar-refractivity contribution in [2.45, 2.75) is 19.2 Å². The van der Waals surface area contributed by atoms with Crippen LogP contribution in [0.5, 0.6) is 0 Å². The molecule has 78 valence electrons. The third-order valence-corrected chi connectivity index (χ3v) is 1.76. The molecule has 0 aliphatic carbocycles. The number of aryl methyl sites for hydroxylation is 1. The van der Waals surface area contributed by atoms with Crippen molar-refractivity contribution in [1.82, 2.24) is 0 Å². The van der Waals surface area contributed by atoms with Crippen LogP contribution >= 0.6 is 0 Å². The first-order valence-corrected chi connectivity index (χ1v) is 3.83. The lowest BCUT2D eigenvalue weighted by Crippen LogP contribution is -2.21. The first kappa shape index (κ1) is 11.0. The topological polar surface area (TPSA) is 20.2 Å². The van der Waals surface area contributed by atoms with E-state index >= 15 is 0 Å². The van der Waals surface area contributed by atoms with Crippen LogP contribution in [0, 0.1) is 12.7 Å². The lowest BCUT2D eigenvalue weighted by molar-refractivity contribution is -0.207. The summed E-state index contributed by atoms with van der Waals surface area (Å²) in [4.78, 5) is 0. The Balaban J connectivity index is 3.12. The second kappa shape index (κ2) is 3.57. The van der Waals surface area contributed by atoms with Crippen LogP contribution in [0.15, 0.2) is 18.2 Å². The highest BCUT2D eigenvalue weighted by Gasteiger charge is 2.40. The number of aliphatic hydroxyl groups is 1. The highest BCUT2D eigenvalue weighted by Crippen LogP contribution is 2.33. The van der Waals surface area contributed by atoms with Gasteiger partial charge >= 0.3 is 6.18 Å². The molecule has 0 fully saturated rings. The van der Waals surface area contributed by atoms with Gasteiger partial charge in [0, 0.05) is 5.56 Å². The largest absolute Gasteiger partial charge is 0.418 e. The lowest BCUT2D eigenvalue weighted by Gasteiger charge is -2.15. The molecule has 1 nitrogen and oxygen atoms in total. The van der Waals surface area contributed by atoms with Gasteiger partial charge in [-0.1, -0.05) is 17.7 Å². The van der Waals surface area contributed by atoms with Crippen molar-refractivity contribution >= 4 is 0 Å². The number of halogens is 4. The maximum Gasteiger partial charge on any atom is 0.418 e. The highest BCUT2D eigenvalue weighted by atomic mass is 19.4. The molecule has 0 aliphatic heterocycles. The van der Waals surface area contributed by atoms with Crippen LogP contribution in [-0.2, 0) is 0 Å². The number of hydrogen-bond acceptors (Lipinski definition) is 1. The van der Waals surface area contributed by atoms with E-state index < -0.39 is 23.7 Å². The Bertz CT molecular complexity index is 332. The van der Waals surface area contributed by atoms with E-state index in [1.807, 2.05) is 0 Å². The second-order valence-electron chi connectivity index (χ2n) is 2.97. The molecule has 0 heterocycles. The van der Waals surface area contributed by atoms with E-state index in [2.05, 4.69) is 0 Å². The Labute approximate surface area is 78.0 Å². The summed E-state index contributed by atoms with van der Waals surface area (Å²) in [5.41, 5.74) is -0.276. The predicted molar refractivity (Wildman–Crippen MR) is 42.2 cm³/mol. The van der Waals surface area contributed by atoms with Gasteiger partial charge < -0.3 is 5.11 Å². The van der Waals surface area contributed by atoms with Gasteiger partial charge in [-0.15, -0.1) is 0 Å². The summed E-state index contributed by atoms with van der Waals surface area (Å²) in [6.07, 6.45) is -7.60. The first-order chi connectivity index (χ1) is 6.32. The average molecular weight is 208 g/mol. The average Bonchev–Trinajstić information content (AvgIpc) is 2.06. The maximum absolute atomic E-state index is 12.9. The Morgan fingerprint density at radius 1 is 1.29 bits per heavy atom. The molecular formula is C9H8F4O. The minimum absolute atomic E-state index is 0.463. The van der Waals surface area contributed by atoms with Crippen LogP contribution in [0.25, 0.3) is 0 Å². The number of rotatable bonds is 1. The van der Waals surface area contributed by atoms with Gasteiger partial charge in [-0.2, -0.15) is 13.2 Å². The number of aliphatic hydroxyl groups excluding tert-OH is 1. The molecular weight excluding hydrogens is 200 g/mol. The fourth-order valence-corrected chi connectivity index (χ4v) is 1.05. The lowest BCUT2D eigenvalue weighted by atomic mass is 10.1. The van der Waals surface area contributed by atoms with Crippen molar-refractivity contribution in [2.24, 2.45) is 0 Å². The van der Waals surface area contributed by atoms with Crippen LogP contribution in [0.1, 0.15) is 17.2 Å². The molecule has 1 unspecified atom stereocenters. The molecule has 0 amide bonds. The molecule has 5 heteroatoms. The summed E-state index contributed by atoms with van der Waals surface area (Å²) >= 11 is 0. The van der Waals surface area contributed by atoms with E-state index in [1.54, 1.807) is 0 Å². The normalized spacial score (nSPS) is 14.1. The van der Waals surface area contributed by atoms with E-state index in [4.69, 9.17) is 5.11 Å². The predicted octanol–water partition coefficient (Wildman–Crippen LogP) is 2.73. The third-order valence-electron chi connectivity index (χ3n) is 1.76. The van der Waals surface area contributed by atoms with Gasteiger partial charge in [0.15, 0.2) is 6.10 Å². The molecule has 0 spiro atoms. The fourth-order valence-electron chi connectivity index (χ4n) is 1.05. The van der Waals surface area contributed by atoms with E-state index in [-0.39, 0.29) is 0 Å². The molecule has 0 aromatic heterocycles. The zero-order valence-corrected chi connectivity index (χ0v) is 7.27. The van der Waals surface area contributed by atoms with E-state index in [1.165, 1.54) is 13.0 Å². The number of hydrogen-bond donors (Lipinski definition) is 1. The zero-order valence-electron chi connectivity index (χ0n) is 7.27. The highest BCUT2D eigenvalue weighted by molar-refractivity contribution is 5.26. The Morgan fingerprint density at radius 3 is 2.36 bits per heavy atom. The van der Waals surface area contributed by atoms with Gasteiger partial charge in [0.25, 0.3) is 0 Å². The molecule has 1 rings (SSSR count). The summed E-state index contributed by atoms with van der Waals surface area (Å²) in [5.74, 6) is -1.06. The number of alkyl halides is 3. The second-order valence-corrected chi connectivity index (χ2v) is 2.97. The van der Waals surface area contributed by atoms with Crippen LogP contribution in [0.3, 0.4) is 0 Å². The van der Waals surface area contributed by atoms with Crippen molar-refractivity contribution in [2.75, 3.05) is 0 Å². The van der Waals surface area contributed by atoms with Gasteiger partial charge in [0.2, 0.25) is 0 Å². The van der Waals surface area contributed by atoms with Crippen LogP contribution in [-0.4, -0.2) is 11.3 Å². The molecule has 0 aliphatic rings.